The maximum atomic E-state index is 12.2. The fourth-order valence-corrected chi connectivity index (χ4v) is 2.89. The lowest BCUT2D eigenvalue weighted by Crippen LogP contribution is -2.39. The molecule has 4 N–H and O–H groups in total. The first-order chi connectivity index (χ1) is 15.2. The molecule has 32 heavy (non-hydrogen) atoms. The van der Waals surface area contributed by atoms with Crippen molar-refractivity contribution in [1.82, 2.24) is 15.6 Å². The summed E-state index contributed by atoms with van der Waals surface area (Å²) >= 11 is 0. The van der Waals surface area contributed by atoms with Crippen molar-refractivity contribution < 1.29 is 24.4 Å². The maximum absolute atomic E-state index is 12.2. The third-order valence-corrected chi connectivity index (χ3v) is 4.45. The van der Waals surface area contributed by atoms with E-state index in [1.165, 1.54) is 24.3 Å². The molecule has 1 aromatic heterocycles. The van der Waals surface area contributed by atoms with Crippen LogP contribution in [0, 0.1) is 17.0 Å². The number of aryl methyl sites for hydroxylation is 1. The molecule has 2 amide bonds. The minimum absolute atomic E-state index is 0.190. The molecular weight excluding hydrogens is 418 g/mol. The largest absolute Gasteiger partial charge is 0.481 e. The number of nitrogens with zero attached hydrogens (tertiary/aromatic N) is 2. The number of nitrogens with one attached hydrogen (secondary N) is 3. The lowest BCUT2D eigenvalue weighted by atomic mass is 10.0. The number of pyridine rings is 1. The molecule has 0 spiro atoms. The van der Waals surface area contributed by atoms with Gasteiger partial charge in [0, 0.05) is 31.3 Å². The Kier molecular flexibility index (Phi) is 9.08. The predicted molar refractivity (Wildman–Crippen MR) is 116 cm³/mol. The van der Waals surface area contributed by atoms with Crippen molar-refractivity contribution in [2.75, 3.05) is 18.4 Å². The molecule has 2 aromatic rings. The highest BCUT2D eigenvalue weighted by atomic mass is 16.6. The topological polar surface area (TPSA) is 164 Å². The van der Waals surface area contributed by atoms with E-state index in [-0.39, 0.29) is 30.1 Å². The molecule has 0 saturated carbocycles. The molecule has 1 heterocycles. The number of hydrogen-bond acceptors (Lipinski definition) is 7. The van der Waals surface area contributed by atoms with Crippen LogP contribution in [0.4, 0.5) is 11.5 Å². The minimum atomic E-state index is -1.18. The summed E-state index contributed by atoms with van der Waals surface area (Å²) in [6, 6.07) is 8.19. The van der Waals surface area contributed by atoms with E-state index in [4.69, 9.17) is 5.11 Å². The summed E-state index contributed by atoms with van der Waals surface area (Å²) in [5.74, 6) is -1.39. The van der Waals surface area contributed by atoms with E-state index in [1.54, 1.807) is 6.20 Å². The molecule has 1 atom stereocenters. The number of carbonyl (C=O) groups is 3. The molecule has 11 heteroatoms. The van der Waals surface area contributed by atoms with Gasteiger partial charge in [-0.1, -0.05) is 12.1 Å². The first kappa shape index (κ1) is 24.3. The second-order valence-corrected chi connectivity index (χ2v) is 7.10. The second-order valence-electron chi connectivity index (χ2n) is 7.10. The normalized spacial score (nSPS) is 11.3. The van der Waals surface area contributed by atoms with Crippen molar-refractivity contribution in [3.63, 3.8) is 0 Å². The molecule has 2 rings (SSSR count). The van der Waals surface area contributed by atoms with Crippen molar-refractivity contribution in [2.24, 2.45) is 0 Å². The van der Waals surface area contributed by atoms with Gasteiger partial charge in [0.15, 0.2) is 0 Å². The van der Waals surface area contributed by atoms with Crippen LogP contribution < -0.4 is 16.0 Å². The Hall–Kier alpha value is -4.02. The minimum Gasteiger partial charge on any atom is -0.481 e. The van der Waals surface area contributed by atoms with Gasteiger partial charge in [-0.3, -0.25) is 24.5 Å². The van der Waals surface area contributed by atoms with Gasteiger partial charge in [-0.25, -0.2) is 4.98 Å². The number of aromatic nitrogens is 1. The van der Waals surface area contributed by atoms with E-state index in [1.807, 2.05) is 19.1 Å². The van der Waals surface area contributed by atoms with E-state index >= 15 is 0 Å². The van der Waals surface area contributed by atoms with E-state index in [0.717, 1.165) is 11.4 Å². The van der Waals surface area contributed by atoms with E-state index in [0.29, 0.717) is 13.0 Å². The van der Waals surface area contributed by atoms with Crippen molar-refractivity contribution in [2.45, 2.75) is 32.2 Å². The van der Waals surface area contributed by atoms with Crippen LogP contribution in [-0.2, 0) is 14.4 Å². The molecule has 0 aliphatic rings. The average molecular weight is 443 g/mol. The number of nitro benzene ring substituents is 1. The van der Waals surface area contributed by atoms with Crippen molar-refractivity contribution in [3.05, 3.63) is 63.8 Å². The van der Waals surface area contributed by atoms with Gasteiger partial charge < -0.3 is 21.1 Å². The third kappa shape index (κ3) is 8.38. The lowest BCUT2D eigenvalue weighted by Gasteiger charge is -2.17. The summed E-state index contributed by atoms with van der Waals surface area (Å²) < 4.78 is 0. The van der Waals surface area contributed by atoms with E-state index in [9.17, 15) is 24.5 Å². The molecule has 1 aromatic carbocycles. The highest BCUT2D eigenvalue weighted by Gasteiger charge is 2.20. The van der Waals surface area contributed by atoms with Crippen LogP contribution in [0.1, 0.15) is 36.4 Å². The number of carboxylic acids is 1. The Labute approximate surface area is 184 Å². The van der Waals surface area contributed by atoms with E-state index < -0.39 is 29.3 Å². The van der Waals surface area contributed by atoms with Crippen LogP contribution in [0.3, 0.4) is 0 Å². The van der Waals surface area contributed by atoms with Crippen molar-refractivity contribution in [3.8, 4) is 0 Å². The first-order valence-electron chi connectivity index (χ1n) is 9.93. The Morgan fingerprint density at radius 1 is 1.19 bits per heavy atom. The average Bonchev–Trinajstić information content (AvgIpc) is 2.74. The number of non-ortho nitro benzene ring substituents is 1. The number of anilines is 1. The van der Waals surface area contributed by atoms with Crippen LogP contribution in [0.25, 0.3) is 0 Å². The smallest absolute Gasteiger partial charge is 0.305 e. The maximum Gasteiger partial charge on any atom is 0.305 e. The number of nitro groups is 1. The predicted octanol–water partition coefficient (Wildman–Crippen LogP) is 1.94. The highest BCUT2D eigenvalue weighted by molar-refractivity contribution is 5.85. The van der Waals surface area contributed by atoms with Crippen LogP contribution in [0.5, 0.6) is 0 Å². The number of carbonyl (C=O) groups excluding carboxylic acids is 2. The zero-order valence-corrected chi connectivity index (χ0v) is 17.5. The summed E-state index contributed by atoms with van der Waals surface area (Å²) in [5, 5.41) is 28.1. The molecule has 0 saturated heterocycles. The Morgan fingerprint density at radius 3 is 2.66 bits per heavy atom. The summed E-state index contributed by atoms with van der Waals surface area (Å²) in [4.78, 5) is 49.8. The first-order valence-corrected chi connectivity index (χ1v) is 9.93. The quantitative estimate of drug-likeness (QED) is 0.220. The van der Waals surface area contributed by atoms with Gasteiger partial charge in [0.25, 0.3) is 5.69 Å². The number of aliphatic carboxylic acids is 1. The molecule has 0 aliphatic heterocycles. The lowest BCUT2D eigenvalue weighted by molar-refractivity contribution is -0.384. The molecule has 0 bridgehead atoms. The zero-order chi connectivity index (χ0) is 23.5. The Balaban J connectivity index is 1.79. The van der Waals surface area contributed by atoms with Gasteiger partial charge in [-0.15, -0.1) is 0 Å². The molecule has 0 fully saturated rings. The molecule has 0 aliphatic carbocycles. The summed E-state index contributed by atoms with van der Waals surface area (Å²) in [6.45, 7) is 2.14. The molecule has 0 unspecified atom stereocenters. The third-order valence-electron chi connectivity index (χ3n) is 4.45. The van der Waals surface area contributed by atoms with Crippen LogP contribution in [-0.4, -0.2) is 45.9 Å². The van der Waals surface area contributed by atoms with E-state index in [2.05, 4.69) is 20.9 Å². The summed E-state index contributed by atoms with van der Waals surface area (Å²) in [7, 11) is 0. The number of rotatable bonds is 12. The molecule has 0 radical (unpaired) electrons. The standard InChI is InChI=1S/C21H25N5O6/c1-14-7-9-23-18(10-14)22-8-3-6-19(27)24-13-20(28)25-17(12-21(29)30)15-4-2-5-16(11-15)26(31)32/h2,4-5,7,9-11,17H,3,6,8,12-13H2,1H3,(H,22,23)(H,24,27)(H,25,28)(H,29,30)/t17-/m1/s1. The van der Waals surface area contributed by atoms with Gasteiger partial charge in [-0.05, 0) is 36.6 Å². The zero-order valence-electron chi connectivity index (χ0n) is 17.5. The van der Waals surface area contributed by atoms with Crippen molar-refractivity contribution >= 4 is 29.3 Å². The van der Waals surface area contributed by atoms with Gasteiger partial charge >= 0.3 is 5.97 Å². The van der Waals surface area contributed by atoms with Gasteiger partial charge in [0.1, 0.15) is 5.82 Å². The second kappa shape index (κ2) is 12.0. The number of benzene rings is 1. The number of carboxylic acid groups (broad SMARTS) is 1. The summed E-state index contributed by atoms with van der Waals surface area (Å²) in [5.41, 5.74) is 1.14. The fraction of sp³-hybridized carbons (Fsp3) is 0.333. The van der Waals surface area contributed by atoms with Gasteiger partial charge in [0.05, 0.1) is 23.9 Å². The molecular formula is C21H25N5O6. The summed E-state index contributed by atoms with van der Waals surface area (Å²) in [6.07, 6.45) is 1.95. The Morgan fingerprint density at radius 2 is 1.97 bits per heavy atom. The van der Waals surface area contributed by atoms with Gasteiger partial charge in [-0.2, -0.15) is 0 Å². The number of hydrogen-bond donors (Lipinski definition) is 4. The number of amides is 2. The fourth-order valence-electron chi connectivity index (χ4n) is 2.89. The molecule has 11 nitrogen and oxygen atoms in total. The monoisotopic (exact) mass is 443 g/mol. The molecule has 170 valence electrons. The highest BCUT2D eigenvalue weighted by Crippen LogP contribution is 2.21. The van der Waals surface area contributed by atoms with Crippen LogP contribution >= 0.6 is 0 Å². The Bertz CT molecular complexity index is 981. The van der Waals surface area contributed by atoms with Crippen LogP contribution in [0.15, 0.2) is 42.6 Å². The SMILES string of the molecule is Cc1ccnc(NCCCC(=O)NCC(=O)N[C@H](CC(=O)O)c2cccc([N+](=O)[O-])c2)c1. The van der Waals surface area contributed by atoms with Crippen LogP contribution in [0.2, 0.25) is 0 Å². The van der Waals surface area contributed by atoms with Crippen molar-refractivity contribution in [1.29, 1.82) is 0 Å². The van der Waals surface area contributed by atoms with Gasteiger partial charge in [0.2, 0.25) is 11.8 Å².